The molecule has 0 bridgehead atoms. The van der Waals surface area contributed by atoms with Crippen molar-refractivity contribution in [3.05, 3.63) is 23.5 Å². The first-order valence-corrected chi connectivity index (χ1v) is 10.0. The van der Waals surface area contributed by atoms with Crippen LogP contribution in [0.5, 0.6) is 0 Å². The number of hydrogen-bond acceptors (Lipinski definition) is 9. The summed E-state index contributed by atoms with van der Waals surface area (Å²) in [6.45, 7) is 0.713. The van der Waals surface area contributed by atoms with Crippen molar-refractivity contribution in [2.75, 3.05) is 13.1 Å². The minimum Gasteiger partial charge on any atom is -0.370 e. The van der Waals surface area contributed by atoms with Crippen molar-refractivity contribution in [1.29, 1.82) is 0 Å². The lowest BCUT2D eigenvalue weighted by atomic mass is 9.70. The maximum Gasteiger partial charge on any atom is 0.272 e. The molecule has 1 saturated heterocycles. The number of H-pyrrole nitrogens is 1. The Morgan fingerprint density at radius 1 is 1.31 bits per heavy atom. The molecule has 1 aromatic heterocycles. The van der Waals surface area contributed by atoms with Gasteiger partial charge in [-0.2, -0.15) is 0 Å². The Kier molecular flexibility index (Phi) is 3.09. The Labute approximate surface area is 170 Å². The number of hydrogen-bond donors (Lipinski definition) is 7. The number of aromatic amines is 1. The number of nitrogens with zero attached hydrogens (tertiary/aromatic N) is 3. The summed E-state index contributed by atoms with van der Waals surface area (Å²) in [5.74, 6) is -0.446. The van der Waals surface area contributed by atoms with Gasteiger partial charge < -0.3 is 42.8 Å². The van der Waals surface area contributed by atoms with Crippen LogP contribution in [0, 0.1) is 17.8 Å². The van der Waals surface area contributed by atoms with Crippen LogP contribution in [0.4, 0.5) is 0 Å². The van der Waals surface area contributed by atoms with Gasteiger partial charge in [-0.25, -0.2) is 9.98 Å². The van der Waals surface area contributed by atoms with Crippen LogP contribution >= 0.6 is 11.6 Å². The zero-order chi connectivity index (χ0) is 20.3. The van der Waals surface area contributed by atoms with E-state index in [1.807, 2.05) is 6.07 Å². The lowest BCUT2D eigenvalue weighted by molar-refractivity contribution is -0.0123. The molecule has 10 N–H and O–H groups in total. The highest BCUT2D eigenvalue weighted by Crippen LogP contribution is 2.64. The van der Waals surface area contributed by atoms with Crippen molar-refractivity contribution in [3.63, 3.8) is 0 Å². The standard InChI is InChI=1S/C17H22ClN9O2/c18-10-6(3-19)7-4-27-12(28)8-5(1-2-22-8)11-17(27,26-14(20)23-11)9(7)16(10)13(29)24-15(21)25-16/h1-2,6-7,9-11,13,22,29H,3-4,19H2,(H3,20,23,26)(H3,21,24,25)/t6-,7-,9+,10+,11+,13+,16+,17-/m1/s1. The van der Waals surface area contributed by atoms with Gasteiger partial charge in [-0.1, -0.05) is 0 Å². The summed E-state index contributed by atoms with van der Waals surface area (Å²) < 4.78 is 0. The van der Waals surface area contributed by atoms with Crippen LogP contribution in [0.25, 0.3) is 0 Å². The molecule has 0 aromatic carbocycles. The van der Waals surface area contributed by atoms with Gasteiger partial charge in [0.2, 0.25) is 0 Å². The van der Waals surface area contributed by atoms with E-state index in [9.17, 15) is 9.90 Å². The molecule has 1 aromatic rings. The first-order chi connectivity index (χ1) is 13.9. The van der Waals surface area contributed by atoms with Crippen molar-refractivity contribution in [2.24, 2.45) is 44.9 Å². The highest BCUT2D eigenvalue weighted by Gasteiger charge is 2.78. The summed E-state index contributed by atoms with van der Waals surface area (Å²) in [6.07, 6.45) is 0.539. The molecular weight excluding hydrogens is 398 g/mol. The van der Waals surface area contributed by atoms with Crippen molar-refractivity contribution in [3.8, 4) is 0 Å². The van der Waals surface area contributed by atoms with E-state index in [1.165, 1.54) is 0 Å². The average molecular weight is 420 g/mol. The van der Waals surface area contributed by atoms with Gasteiger partial charge >= 0.3 is 0 Å². The maximum atomic E-state index is 13.4. The Morgan fingerprint density at radius 2 is 2.07 bits per heavy atom. The van der Waals surface area contributed by atoms with Gasteiger partial charge in [0.25, 0.3) is 5.91 Å². The third-order valence-corrected chi connectivity index (χ3v) is 8.18. The number of alkyl halides is 1. The zero-order valence-corrected chi connectivity index (χ0v) is 16.1. The van der Waals surface area contributed by atoms with E-state index in [2.05, 4.69) is 25.6 Å². The van der Waals surface area contributed by atoms with Crippen LogP contribution in [-0.4, -0.2) is 68.7 Å². The second-order valence-corrected chi connectivity index (χ2v) is 8.95. The average Bonchev–Trinajstić information content (AvgIpc) is 3.42. The Morgan fingerprint density at radius 3 is 2.76 bits per heavy atom. The zero-order valence-electron chi connectivity index (χ0n) is 15.3. The topological polar surface area (TPSA) is 183 Å². The van der Waals surface area contributed by atoms with Gasteiger partial charge in [0.05, 0.1) is 5.38 Å². The number of nitrogens with one attached hydrogen (secondary N) is 3. The normalized spacial score (nSPS) is 46.6. The second-order valence-electron chi connectivity index (χ2n) is 8.48. The van der Waals surface area contributed by atoms with Crippen LogP contribution in [0.1, 0.15) is 22.1 Å². The van der Waals surface area contributed by atoms with Crippen LogP contribution < -0.4 is 27.8 Å². The van der Waals surface area contributed by atoms with Gasteiger partial charge in [-0.15, -0.1) is 11.6 Å². The molecule has 1 amide bonds. The van der Waals surface area contributed by atoms with E-state index in [1.54, 1.807) is 11.1 Å². The largest absolute Gasteiger partial charge is 0.370 e. The number of aliphatic hydroxyl groups excluding tert-OH is 1. The first-order valence-electron chi connectivity index (χ1n) is 9.60. The van der Waals surface area contributed by atoms with E-state index >= 15 is 0 Å². The number of guanidine groups is 2. The number of halogens is 1. The summed E-state index contributed by atoms with van der Waals surface area (Å²) in [7, 11) is 0. The number of amides is 1. The lowest BCUT2D eigenvalue weighted by Gasteiger charge is -2.51. The number of carbonyl (C=O) groups is 1. The van der Waals surface area contributed by atoms with Gasteiger partial charge in [0.1, 0.15) is 22.9 Å². The number of rotatable bonds is 1. The third kappa shape index (κ3) is 1.68. The number of nitrogens with two attached hydrogens (primary N) is 3. The molecule has 4 aliphatic heterocycles. The van der Waals surface area contributed by atoms with Crippen molar-refractivity contribution in [2.45, 2.75) is 28.8 Å². The van der Waals surface area contributed by atoms with E-state index in [0.29, 0.717) is 18.8 Å². The minimum atomic E-state index is -1.18. The van der Waals surface area contributed by atoms with Crippen molar-refractivity contribution in [1.82, 2.24) is 20.5 Å². The molecule has 0 radical (unpaired) electrons. The fraction of sp³-hybridized carbons (Fsp3) is 0.588. The second kappa shape index (κ2) is 5.15. The van der Waals surface area contributed by atoms with Gasteiger partial charge in [0.15, 0.2) is 18.1 Å². The minimum absolute atomic E-state index is 0.102. The Balaban J connectivity index is 1.60. The molecule has 11 nitrogen and oxygen atoms in total. The van der Waals surface area contributed by atoms with Gasteiger partial charge in [-0.05, 0) is 24.4 Å². The SMILES string of the molecule is NC[C@@H]1[C@H]2CN3C(=O)c4[nH]ccc4[C@@H]4N=C(N)N[C@@]43[C@@H]2[C@]2(NC(N)=N[C@H]2O)[C@H]1Cl. The molecule has 12 heteroatoms. The van der Waals surface area contributed by atoms with Crippen molar-refractivity contribution >= 4 is 29.4 Å². The summed E-state index contributed by atoms with van der Waals surface area (Å²) in [4.78, 5) is 27.0. The smallest absolute Gasteiger partial charge is 0.272 e. The molecule has 29 heavy (non-hydrogen) atoms. The molecule has 6 rings (SSSR count). The molecule has 1 saturated carbocycles. The predicted octanol–water partition coefficient (Wildman–Crippen LogP) is -2.46. The molecule has 2 fully saturated rings. The highest BCUT2D eigenvalue weighted by molar-refractivity contribution is 6.22. The van der Waals surface area contributed by atoms with E-state index in [4.69, 9.17) is 28.8 Å². The summed E-state index contributed by atoms with van der Waals surface area (Å²) >= 11 is 6.94. The van der Waals surface area contributed by atoms with Crippen LogP contribution in [0.15, 0.2) is 22.2 Å². The summed E-state index contributed by atoms with van der Waals surface area (Å²) in [5, 5.41) is 16.9. The molecule has 5 heterocycles. The molecule has 8 atom stereocenters. The van der Waals surface area contributed by atoms with Gasteiger partial charge in [0, 0.05) is 24.2 Å². The number of carbonyl (C=O) groups excluding carboxylic acids is 1. The van der Waals surface area contributed by atoms with Crippen molar-refractivity contribution < 1.29 is 9.90 Å². The van der Waals surface area contributed by atoms with Gasteiger partial charge in [-0.3, -0.25) is 4.79 Å². The highest BCUT2D eigenvalue weighted by atomic mass is 35.5. The number of aromatic nitrogens is 1. The molecular formula is C17H22ClN9O2. The maximum absolute atomic E-state index is 13.4. The molecule has 2 spiro atoms. The number of fused-ring (bicyclic) bond motifs is 4. The first kappa shape index (κ1) is 17.4. The predicted molar refractivity (Wildman–Crippen MR) is 105 cm³/mol. The molecule has 5 aliphatic rings. The lowest BCUT2D eigenvalue weighted by Crippen LogP contribution is -2.73. The van der Waals surface area contributed by atoms with E-state index in [0.717, 1.165) is 5.56 Å². The molecule has 154 valence electrons. The quantitative estimate of drug-likeness (QED) is 0.246. The van der Waals surface area contributed by atoms with Crippen LogP contribution in [-0.2, 0) is 0 Å². The molecule has 0 unspecified atom stereocenters. The summed E-state index contributed by atoms with van der Waals surface area (Å²) in [6, 6.07) is 1.39. The Bertz CT molecular complexity index is 993. The fourth-order valence-electron chi connectivity index (χ4n) is 6.60. The number of aliphatic hydroxyl groups is 1. The monoisotopic (exact) mass is 419 g/mol. The van der Waals surface area contributed by atoms with E-state index in [-0.39, 0.29) is 35.6 Å². The molecule has 1 aliphatic carbocycles. The van der Waals surface area contributed by atoms with Crippen LogP contribution in [0.3, 0.4) is 0 Å². The third-order valence-electron chi connectivity index (χ3n) is 7.49. The Hall–Kier alpha value is -2.50. The summed E-state index contributed by atoms with van der Waals surface area (Å²) in [5.41, 5.74) is 17.4. The number of aliphatic imine (C=N–C) groups is 2. The fourth-order valence-corrected chi connectivity index (χ4v) is 7.19. The van der Waals surface area contributed by atoms with E-state index < -0.39 is 28.8 Å². The van der Waals surface area contributed by atoms with Crippen LogP contribution in [0.2, 0.25) is 0 Å².